The Morgan fingerprint density at radius 1 is 1.26 bits per heavy atom. The minimum atomic E-state index is -0.733. The van der Waals surface area contributed by atoms with Crippen LogP contribution in [0.15, 0.2) is 30.0 Å². The Hall–Kier alpha value is -1.09. The van der Waals surface area contributed by atoms with E-state index in [0.29, 0.717) is 0 Å². The molecule has 1 aromatic carbocycles. The van der Waals surface area contributed by atoms with Crippen LogP contribution in [0, 0.1) is 23.2 Å². The molecule has 3 aliphatic carbocycles. The fraction of sp³-hybridized carbons (Fsp3) is 0.667. The van der Waals surface area contributed by atoms with Gasteiger partial charge in [0.2, 0.25) is 0 Å². The van der Waals surface area contributed by atoms with Crippen molar-refractivity contribution in [3.63, 3.8) is 0 Å². The molecule has 0 amide bonds. The summed E-state index contributed by atoms with van der Waals surface area (Å²) in [7, 11) is 1.05. The average Bonchev–Trinajstić information content (AvgIpc) is 3.32. The van der Waals surface area contributed by atoms with Crippen LogP contribution in [0.5, 0.6) is 5.75 Å². The molecule has 148 valence electrons. The molecule has 3 heteroatoms. The van der Waals surface area contributed by atoms with Crippen molar-refractivity contribution < 1.29 is 8.92 Å². The van der Waals surface area contributed by atoms with E-state index in [1.807, 2.05) is 0 Å². The lowest BCUT2D eigenvalue weighted by Gasteiger charge is -2.53. The van der Waals surface area contributed by atoms with Crippen LogP contribution in [0.4, 0.5) is 0 Å². The molecule has 0 aromatic heterocycles. The summed E-state index contributed by atoms with van der Waals surface area (Å²) in [4.78, 5) is 0. The van der Waals surface area contributed by atoms with Crippen molar-refractivity contribution in [1.29, 1.82) is 0 Å². The molecule has 0 bridgehead atoms. The maximum Gasteiger partial charge on any atom is 0.119 e. The van der Waals surface area contributed by atoms with Gasteiger partial charge in [-0.3, -0.25) is 0 Å². The number of hydrogen-bond donors (Lipinski definition) is 0. The Balaban J connectivity index is 1.48. The number of allylic oxidation sites excluding steroid dienone is 2. The van der Waals surface area contributed by atoms with E-state index in [2.05, 4.69) is 44.4 Å². The maximum absolute atomic E-state index is 6.66. The van der Waals surface area contributed by atoms with E-state index in [4.69, 9.17) is 8.92 Å². The lowest BCUT2D eigenvalue weighted by molar-refractivity contribution is 0.0214. The van der Waals surface area contributed by atoms with Gasteiger partial charge in [-0.25, -0.2) is 0 Å². The second-order valence-electron chi connectivity index (χ2n) is 9.66. The molecule has 1 saturated heterocycles. The standard InChI is InChI=1S/C24H34O2S/c1-5-16-14-17-15-18(25-3)6-7-19(17)20-10-11-24(2)21(23(16)20)8-9-22(24)26-27(4)12-13-27/h6-7,9,15-16,20-21,23H,5,8,10-14H2,1-4H3/t16-,20?,21+,23-,24+/m1/s1. The van der Waals surface area contributed by atoms with Crippen LogP contribution < -0.4 is 4.74 Å². The maximum atomic E-state index is 6.66. The molecule has 1 aliphatic heterocycles. The van der Waals surface area contributed by atoms with E-state index in [0.717, 1.165) is 29.4 Å². The molecule has 1 heterocycles. The monoisotopic (exact) mass is 386 g/mol. The van der Waals surface area contributed by atoms with E-state index in [1.54, 1.807) is 18.2 Å². The molecule has 0 spiro atoms. The van der Waals surface area contributed by atoms with Crippen LogP contribution in [0.25, 0.3) is 0 Å². The van der Waals surface area contributed by atoms with Gasteiger partial charge in [0, 0.05) is 16.9 Å². The lowest BCUT2D eigenvalue weighted by Crippen LogP contribution is -2.45. The van der Waals surface area contributed by atoms with Gasteiger partial charge in [0.25, 0.3) is 0 Å². The molecule has 2 fully saturated rings. The second kappa shape index (κ2) is 6.20. The van der Waals surface area contributed by atoms with Crippen LogP contribution in [-0.2, 0) is 10.6 Å². The third kappa shape index (κ3) is 2.75. The Bertz CT molecular complexity index is 781. The minimum Gasteiger partial charge on any atom is -0.497 e. The number of rotatable bonds is 4. The molecule has 1 unspecified atom stereocenters. The van der Waals surface area contributed by atoms with Crippen molar-refractivity contribution >= 4 is 10.3 Å². The highest BCUT2D eigenvalue weighted by molar-refractivity contribution is 8.35. The number of hydrogen-bond acceptors (Lipinski definition) is 2. The smallest absolute Gasteiger partial charge is 0.119 e. The summed E-state index contributed by atoms with van der Waals surface area (Å²) in [5.41, 5.74) is 3.43. The van der Waals surface area contributed by atoms with Crippen LogP contribution in [0.2, 0.25) is 0 Å². The first kappa shape index (κ1) is 18.0. The van der Waals surface area contributed by atoms with Crippen LogP contribution >= 0.6 is 10.3 Å². The lowest BCUT2D eigenvalue weighted by atomic mass is 9.52. The molecule has 5 atom stereocenters. The van der Waals surface area contributed by atoms with Gasteiger partial charge < -0.3 is 8.92 Å². The largest absolute Gasteiger partial charge is 0.497 e. The number of ether oxygens (including phenoxy) is 1. The van der Waals surface area contributed by atoms with Gasteiger partial charge in [-0.1, -0.05) is 36.6 Å². The summed E-state index contributed by atoms with van der Waals surface area (Å²) in [6, 6.07) is 6.85. The van der Waals surface area contributed by atoms with Crippen LogP contribution in [-0.4, -0.2) is 24.9 Å². The van der Waals surface area contributed by atoms with Gasteiger partial charge in [0.15, 0.2) is 0 Å². The molecular weight excluding hydrogens is 352 g/mol. The summed E-state index contributed by atoms with van der Waals surface area (Å²) in [6.07, 6.45) is 11.2. The van der Waals surface area contributed by atoms with Crippen molar-refractivity contribution in [2.24, 2.45) is 23.2 Å². The summed E-state index contributed by atoms with van der Waals surface area (Å²) >= 11 is 0. The highest BCUT2D eigenvalue weighted by Gasteiger charge is 2.56. The molecule has 27 heavy (non-hydrogen) atoms. The zero-order valence-corrected chi connectivity index (χ0v) is 18.1. The van der Waals surface area contributed by atoms with Crippen molar-refractivity contribution in [1.82, 2.24) is 0 Å². The Morgan fingerprint density at radius 3 is 2.78 bits per heavy atom. The van der Waals surface area contributed by atoms with Gasteiger partial charge in [0.1, 0.15) is 11.5 Å². The van der Waals surface area contributed by atoms with E-state index >= 15 is 0 Å². The fourth-order valence-corrected chi connectivity index (χ4v) is 8.18. The molecular formula is C24H34O2S. The summed E-state index contributed by atoms with van der Waals surface area (Å²) < 4.78 is 12.2. The fourth-order valence-electron chi connectivity index (χ4n) is 6.38. The molecule has 0 N–H and O–H groups in total. The first-order valence-corrected chi connectivity index (χ1v) is 13.1. The Morgan fingerprint density at radius 2 is 2.07 bits per heavy atom. The second-order valence-corrected chi connectivity index (χ2v) is 13.0. The highest BCUT2D eigenvalue weighted by atomic mass is 32.3. The topological polar surface area (TPSA) is 18.5 Å². The Kier molecular flexibility index (Phi) is 4.13. The van der Waals surface area contributed by atoms with Gasteiger partial charge in [-0.05, 0) is 84.9 Å². The zero-order valence-electron chi connectivity index (χ0n) is 17.3. The normalized spacial score (nSPS) is 39.5. The molecule has 5 rings (SSSR count). The van der Waals surface area contributed by atoms with Gasteiger partial charge in [-0.15, -0.1) is 0 Å². The van der Waals surface area contributed by atoms with Crippen LogP contribution in [0.3, 0.4) is 0 Å². The third-order valence-corrected chi connectivity index (χ3v) is 10.4. The summed E-state index contributed by atoms with van der Waals surface area (Å²) in [6.45, 7) is 4.92. The number of benzene rings is 1. The van der Waals surface area contributed by atoms with Crippen molar-refractivity contribution in [2.75, 3.05) is 24.9 Å². The summed E-state index contributed by atoms with van der Waals surface area (Å²) in [5.74, 6) is 8.07. The predicted molar refractivity (Wildman–Crippen MR) is 115 cm³/mol. The number of methoxy groups -OCH3 is 1. The van der Waals surface area contributed by atoms with Gasteiger partial charge in [0.05, 0.1) is 7.11 Å². The zero-order chi connectivity index (χ0) is 18.8. The van der Waals surface area contributed by atoms with E-state index < -0.39 is 10.3 Å². The Labute approximate surface area is 166 Å². The molecule has 0 radical (unpaired) electrons. The quantitative estimate of drug-likeness (QED) is 0.586. The molecule has 4 aliphatic rings. The molecule has 2 nitrogen and oxygen atoms in total. The summed E-state index contributed by atoms with van der Waals surface area (Å²) in [5, 5.41) is 0. The van der Waals surface area contributed by atoms with Crippen molar-refractivity contribution in [2.45, 2.75) is 51.9 Å². The predicted octanol–water partition coefficient (Wildman–Crippen LogP) is 6.06. The SMILES string of the molecule is CC[C@@H]1Cc2cc(OC)ccc2C2CC[C@]3(C)C(OS4(C)CC4)=CC[C@H]3[C@@H]21. The van der Waals surface area contributed by atoms with Crippen LogP contribution in [0.1, 0.15) is 56.6 Å². The van der Waals surface area contributed by atoms with Crippen molar-refractivity contribution in [3.8, 4) is 5.75 Å². The highest BCUT2D eigenvalue weighted by Crippen LogP contribution is 2.68. The van der Waals surface area contributed by atoms with Crippen molar-refractivity contribution in [3.05, 3.63) is 41.2 Å². The van der Waals surface area contributed by atoms with Gasteiger partial charge in [-0.2, -0.15) is 0 Å². The first-order chi connectivity index (χ1) is 13.0. The van der Waals surface area contributed by atoms with Gasteiger partial charge >= 0.3 is 0 Å². The minimum absolute atomic E-state index is 0.275. The average molecular weight is 387 g/mol. The number of fused-ring (bicyclic) bond motifs is 5. The first-order valence-electron chi connectivity index (χ1n) is 10.8. The van der Waals surface area contributed by atoms with E-state index in [1.165, 1.54) is 49.4 Å². The van der Waals surface area contributed by atoms with E-state index in [9.17, 15) is 0 Å². The molecule has 1 aromatic rings. The third-order valence-electron chi connectivity index (χ3n) is 8.21. The molecule has 1 saturated carbocycles. The van der Waals surface area contributed by atoms with E-state index in [-0.39, 0.29) is 5.41 Å².